The molecular formula is C25H38O3Si. The maximum Gasteiger partial charge on any atom is 0.250 e. The van der Waals surface area contributed by atoms with Crippen LogP contribution in [0.2, 0.25) is 18.1 Å². The second-order valence-electron chi connectivity index (χ2n) is 11.4. The van der Waals surface area contributed by atoms with Crippen molar-refractivity contribution in [1.29, 1.82) is 0 Å². The summed E-state index contributed by atoms with van der Waals surface area (Å²) in [6.07, 6.45) is 6.35. The summed E-state index contributed by atoms with van der Waals surface area (Å²) >= 11 is 0. The number of hydrogen-bond donors (Lipinski definition) is 0. The summed E-state index contributed by atoms with van der Waals surface area (Å²) in [6.45, 7) is 13.7. The van der Waals surface area contributed by atoms with Gasteiger partial charge in [-0.15, -0.1) is 0 Å². The zero-order valence-electron chi connectivity index (χ0n) is 19.4. The van der Waals surface area contributed by atoms with E-state index in [-0.39, 0.29) is 10.5 Å². The molecule has 0 saturated heterocycles. The molecule has 0 amide bonds. The molecule has 160 valence electrons. The highest BCUT2D eigenvalue weighted by molar-refractivity contribution is 6.74. The van der Waals surface area contributed by atoms with Crippen LogP contribution in [0.15, 0.2) is 12.1 Å². The second kappa shape index (κ2) is 6.86. The summed E-state index contributed by atoms with van der Waals surface area (Å²) in [5.74, 6) is 4.10. The highest BCUT2D eigenvalue weighted by Gasteiger charge is 2.54. The van der Waals surface area contributed by atoms with Gasteiger partial charge in [0.1, 0.15) is 11.5 Å². The van der Waals surface area contributed by atoms with Gasteiger partial charge in [-0.05, 0) is 91.2 Å². The van der Waals surface area contributed by atoms with Crippen LogP contribution in [0, 0.1) is 17.3 Å². The van der Waals surface area contributed by atoms with Gasteiger partial charge in [-0.3, -0.25) is 4.79 Å². The van der Waals surface area contributed by atoms with E-state index in [0.29, 0.717) is 23.5 Å². The number of carbonyl (C=O) groups excluding carboxylic acids is 1. The predicted molar refractivity (Wildman–Crippen MR) is 120 cm³/mol. The zero-order chi connectivity index (χ0) is 21.2. The van der Waals surface area contributed by atoms with Crippen molar-refractivity contribution < 1.29 is 14.0 Å². The molecule has 4 heteroatoms. The molecule has 0 bridgehead atoms. The standard InChI is InChI=1S/C25H38O3Si/c1-24(2,3)29(6,7)28-22-14-16-8-9-18-17(19(16)15-21(22)27-5)12-13-25(4)20(18)10-11-23(25)26/h14-15,17-18,20H,8-13H2,1-7H3/t17-,18+,20-,25-/m0/s1. The minimum atomic E-state index is -1.93. The summed E-state index contributed by atoms with van der Waals surface area (Å²) in [4.78, 5) is 12.6. The zero-order valence-corrected chi connectivity index (χ0v) is 20.4. The molecule has 0 unspecified atom stereocenters. The van der Waals surface area contributed by atoms with E-state index in [4.69, 9.17) is 9.16 Å². The number of carbonyl (C=O) groups is 1. The molecule has 2 saturated carbocycles. The molecule has 3 aliphatic rings. The van der Waals surface area contributed by atoms with Crippen LogP contribution in [-0.4, -0.2) is 21.2 Å². The van der Waals surface area contributed by atoms with Gasteiger partial charge in [0, 0.05) is 11.8 Å². The van der Waals surface area contributed by atoms with Gasteiger partial charge in [0.05, 0.1) is 7.11 Å². The number of aryl methyl sites for hydroxylation is 1. The minimum Gasteiger partial charge on any atom is -0.541 e. The Kier molecular flexibility index (Phi) is 4.96. The van der Waals surface area contributed by atoms with Crippen molar-refractivity contribution in [2.24, 2.45) is 17.3 Å². The monoisotopic (exact) mass is 414 g/mol. The Labute approximate surface area is 177 Å². The lowest BCUT2D eigenvalue weighted by atomic mass is 9.55. The van der Waals surface area contributed by atoms with E-state index in [2.05, 4.69) is 52.9 Å². The molecule has 0 heterocycles. The Hall–Kier alpha value is -1.29. The summed E-state index contributed by atoms with van der Waals surface area (Å²) in [7, 11) is -0.168. The van der Waals surface area contributed by atoms with Crippen LogP contribution in [0.4, 0.5) is 0 Å². The molecule has 0 N–H and O–H groups in total. The molecular weight excluding hydrogens is 376 g/mol. The van der Waals surface area contributed by atoms with Crippen molar-refractivity contribution in [1.82, 2.24) is 0 Å². The van der Waals surface area contributed by atoms with Crippen molar-refractivity contribution in [2.75, 3.05) is 7.11 Å². The molecule has 4 atom stereocenters. The van der Waals surface area contributed by atoms with Crippen LogP contribution in [0.3, 0.4) is 0 Å². The van der Waals surface area contributed by atoms with Crippen LogP contribution in [0.25, 0.3) is 0 Å². The maximum absolute atomic E-state index is 12.6. The lowest BCUT2D eigenvalue weighted by Gasteiger charge is -2.48. The van der Waals surface area contributed by atoms with Crippen molar-refractivity contribution in [2.45, 2.75) is 90.3 Å². The van der Waals surface area contributed by atoms with Gasteiger partial charge < -0.3 is 9.16 Å². The number of rotatable bonds is 3. The van der Waals surface area contributed by atoms with Gasteiger partial charge in [-0.1, -0.05) is 27.7 Å². The van der Waals surface area contributed by atoms with Crippen LogP contribution in [0.1, 0.15) is 76.8 Å². The van der Waals surface area contributed by atoms with Gasteiger partial charge in [0.25, 0.3) is 8.32 Å². The Balaban J connectivity index is 1.67. The summed E-state index contributed by atoms with van der Waals surface area (Å²) in [5.41, 5.74) is 2.84. The number of Topliss-reactive ketones (excluding diaryl/α,β-unsaturated/α-hetero) is 1. The first-order chi connectivity index (χ1) is 13.5. The van der Waals surface area contributed by atoms with Gasteiger partial charge >= 0.3 is 0 Å². The Bertz CT molecular complexity index is 822. The van der Waals surface area contributed by atoms with Gasteiger partial charge in [-0.2, -0.15) is 0 Å². The Morgan fingerprint density at radius 3 is 2.45 bits per heavy atom. The van der Waals surface area contributed by atoms with Gasteiger partial charge in [-0.25, -0.2) is 0 Å². The van der Waals surface area contributed by atoms with E-state index in [1.165, 1.54) is 17.5 Å². The lowest BCUT2D eigenvalue weighted by Crippen LogP contribution is -2.44. The fourth-order valence-corrected chi connectivity index (χ4v) is 7.03. The summed E-state index contributed by atoms with van der Waals surface area (Å²) < 4.78 is 12.5. The Morgan fingerprint density at radius 1 is 1.07 bits per heavy atom. The number of ketones is 1. The molecule has 1 aromatic carbocycles. The lowest BCUT2D eigenvalue weighted by molar-refractivity contribution is -0.129. The highest BCUT2D eigenvalue weighted by atomic mass is 28.4. The molecule has 0 aliphatic heterocycles. The van der Waals surface area contributed by atoms with Crippen LogP contribution < -0.4 is 9.16 Å². The number of benzene rings is 1. The molecule has 4 rings (SSSR count). The SMILES string of the molecule is COc1cc2c(cc1O[Si](C)(C)C(C)(C)C)CC[C@@H]1[C@@H]2CC[C@]2(C)C(=O)CC[C@@H]12. The van der Waals surface area contributed by atoms with Gasteiger partial charge in [0.15, 0.2) is 5.75 Å². The van der Waals surface area contributed by atoms with Crippen molar-refractivity contribution in [3.05, 3.63) is 23.3 Å². The fraction of sp³-hybridized carbons (Fsp3) is 0.720. The second-order valence-corrected chi connectivity index (χ2v) is 16.1. The summed E-state index contributed by atoms with van der Waals surface area (Å²) in [5, 5.41) is 0.155. The van der Waals surface area contributed by atoms with Crippen molar-refractivity contribution in [3.63, 3.8) is 0 Å². The summed E-state index contributed by atoms with van der Waals surface area (Å²) in [6, 6.07) is 4.55. The molecule has 29 heavy (non-hydrogen) atoms. The predicted octanol–water partition coefficient (Wildman–Crippen LogP) is 6.50. The smallest absolute Gasteiger partial charge is 0.250 e. The van der Waals surface area contributed by atoms with Crippen molar-refractivity contribution >= 4 is 14.1 Å². The van der Waals surface area contributed by atoms with E-state index in [0.717, 1.165) is 43.6 Å². The number of hydrogen-bond acceptors (Lipinski definition) is 3. The Morgan fingerprint density at radius 2 is 1.79 bits per heavy atom. The maximum atomic E-state index is 12.6. The van der Waals surface area contributed by atoms with Gasteiger partial charge in [0.2, 0.25) is 0 Å². The van der Waals surface area contributed by atoms with Crippen LogP contribution >= 0.6 is 0 Å². The molecule has 3 nitrogen and oxygen atoms in total. The first-order valence-electron chi connectivity index (χ1n) is 11.4. The molecule has 0 spiro atoms. The first kappa shape index (κ1) is 21.0. The average Bonchev–Trinajstić information content (AvgIpc) is 2.94. The molecule has 3 aliphatic carbocycles. The number of ether oxygens (including phenoxy) is 1. The molecule has 0 aromatic heterocycles. The first-order valence-corrected chi connectivity index (χ1v) is 14.3. The largest absolute Gasteiger partial charge is 0.541 e. The molecule has 0 radical (unpaired) electrons. The fourth-order valence-electron chi connectivity index (χ4n) is 6.02. The number of fused-ring (bicyclic) bond motifs is 5. The van der Waals surface area contributed by atoms with E-state index >= 15 is 0 Å². The third-order valence-electron chi connectivity index (χ3n) is 8.89. The quantitative estimate of drug-likeness (QED) is 0.529. The minimum absolute atomic E-state index is 0.0614. The molecule has 2 fully saturated rings. The van der Waals surface area contributed by atoms with Crippen LogP contribution in [-0.2, 0) is 11.2 Å². The third kappa shape index (κ3) is 3.26. The number of methoxy groups -OCH3 is 1. The van der Waals surface area contributed by atoms with E-state index < -0.39 is 8.32 Å². The van der Waals surface area contributed by atoms with Crippen molar-refractivity contribution in [3.8, 4) is 11.5 Å². The topological polar surface area (TPSA) is 35.5 Å². The highest BCUT2D eigenvalue weighted by Crippen LogP contribution is 2.60. The third-order valence-corrected chi connectivity index (χ3v) is 13.2. The van der Waals surface area contributed by atoms with E-state index in [9.17, 15) is 4.79 Å². The molecule has 1 aromatic rings. The normalized spacial score (nSPS) is 31.7. The van der Waals surface area contributed by atoms with E-state index in [1.54, 1.807) is 7.11 Å². The van der Waals surface area contributed by atoms with E-state index in [1.807, 2.05) is 0 Å². The van der Waals surface area contributed by atoms with Crippen LogP contribution in [0.5, 0.6) is 11.5 Å². The average molecular weight is 415 g/mol.